The van der Waals surface area contributed by atoms with Crippen LogP contribution in [0.25, 0.3) is 5.57 Å². The summed E-state index contributed by atoms with van der Waals surface area (Å²) in [5.41, 5.74) is 11.3. The standard InChI is InChI=1S/C18H28N2/c1-5-6-15(13-9-10-20-12-13)16-11-14(19)7-8-17(16)18(2,3)4/h6-8,11,13,20H,5,9-10,12,19H2,1-4H3. The Balaban J connectivity index is 2.52. The maximum Gasteiger partial charge on any atom is 0.0320 e. The number of anilines is 1. The van der Waals surface area contributed by atoms with Gasteiger partial charge in [-0.2, -0.15) is 0 Å². The Morgan fingerprint density at radius 1 is 1.40 bits per heavy atom. The van der Waals surface area contributed by atoms with Crippen LogP contribution in [0.3, 0.4) is 0 Å². The highest BCUT2D eigenvalue weighted by Crippen LogP contribution is 2.37. The van der Waals surface area contributed by atoms with Crippen LogP contribution in [-0.4, -0.2) is 13.1 Å². The fourth-order valence-electron chi connectivity index (χ4n) is 3.09. The van der Waals surface area contributed by atoms with Gasteiger partial charge in [-0.25, -0.2) is 0 Å². The molecule has 0 aromatic heterocycles. The van der Waals surface area contributed by atoms with E-state index in [9.17, 15) is 0 Å². The molecule has 2 heteroatoms. The van der Waals surface area contributed by atoms with Crippen LogP contribution < -0.4 is 11.1 Å². The Kier molecular flexibility index (Phi) is 4.54. The predicted molar refractivity (Wildman–Crippen MR) is 88.8 cm³/mol. The minimum absolute atomic E-state index is 0.141. The van der Waals surface area contributed by atoms with Crippen LogP contribution in [0.1, 0.15) is 51.7 Å². The molecule has 1 saturated heterocycles. The highest BCUT2D eigenvalue weighted by atomic mass is 14.9. The number of hydrogen-bond donors (Lipinski definition) is 2. The summed E-state index contributed by atoms with van der Waals surface area (Å²) in [5.74, 6) is 0.623. The van der Waals surface area contributed by atoms with E-state index in [4.69, 9.17) is 5.73 Å². The Hall–Kier alpha value is -1.28. The van der Waals surface area contributed by atoms with E-state index in [0.29, 0.717) is 5.92 Å². The second-order valence-electron chi connectivity index (χ2n) is 6.81. The minimum Gasteiger partial charge on any atom is -0.399 e. The topological polar surface area (TPSA) is 38.0 Å². The second kappa shape index (κ2) is 6.01. The first-order chi connectivity index (χ1) is 9.43. The first kappa shape index (κ1) is 15.1. The molecule has 0 radical (unpaired) electrons. The number of rotatable bonds is 3. The number of nitrogens with two attached hydrogens (primary N) is 1. The third kappa shape index (κ3) is 3.24. The molecule has 1 heterocycles. The van der Waals surface area contributed by atoms with Crippen LogP contribution >= 0.6 is 0 Å². The fraction of sp³-hybridized carbons (Fsp3) is 0.556. The largest absolute Gasteiger partial charge is 0.399 e. The first-order valence-electron chi connectivity index (χ1n) is 7.74. The van der Waals surface area contributed by atoms with Gasteiger partial charge in [-0.15, -0.1) is 0 Å². The molecule has 1 unspecified atom stereocenters. The molecule has 3 N–H and O–H groups in total. The molecule has 1 fully saturated rings. The van der Waals surface area contributed by atoms with Crippen molar-refractivity contribution in [2.75, 3.05) is 18.8 Å². The molecule has 1 atom stereocenters. The summed E-state index contributed by atoms with van der Waals surface area (Å²) in [6, 6.07) is 6.40. The van der Waals surface area contributed by atoms with Gasteiger partial charge in [0.25, 0.3) is 0 Å². The summed E-state index contributed by atoms with van der Waals surface area (Å²) >= 11 is 0. The van der Waals surface area contributed by atoms with Gasteiger partial charge in [-0.05, 0) is 59.6 Å². The van der Waals surface area contributed by atoms with E-state index in [1.807, 2.05) is 6.07 Å². The maximum absolute atomic E-state index is 6.06. The SMILES string of the molecule is CCC=C(c1cc(N)ccc1C(C)(C)C)C1CCNC1. The van der Waals surface area contributed by atoms with Crippen LogP contribution in [0.5, 0.6) is 0 Å². The molecule has 20 heavy (non-hydrogen) atoms. The smallest absolute Gasteiger partial charge is 0.0320 e. The van der Waals surface area contributed by atoms with Crippen LogP contribution in [0, 0.1) is 5.92 Å². The lowest BCUT2D eigenvalue weighted by Gasteiger charge is -2.26. The maximum atomic E-state index is 6.06. The quantitative estimate of drug-likeness (QED) is 0.817. The lowest BCUT2D eigenvalue weighted by molar-refractivity contribution is 0.586. The van der Waals surface area contributed by atoms with E-state index in [1.165, 1.54) is 23.1 Å². The summed E-state index contributed by atoms with van der Waals surface area (Å²) < 4.78 is 0. The Labute approximate surface area is 123 Å². The van der Waals surface area contributed by atoms with Gasteiger partial charge in [0.1, 0.15) is 0 Å². The summed E-state index contributed by atoms with van der Waals surface area (Å²) in [4.78, 5) is 0. The van der Waals surface area contributed by atoms with Gasteiger partial charge in [0.05, 0.1) is 0 Å². The predicted octanol–water partition coefficient (Wildman–Crippen LogP) is 3.97. The van der Waals surface area contributed by atoms with E-state index < -0.39 is 0 Å². The Bertz CT molecular complexity index is 489. The summed E-state index contributed by atoms with van der Waals surface area (Å²) in [6.07, 6.45) is 4.69. The molecule has 0 spiro atoms. The first-order valence-corrected chi connectivity index (χ1v) is 7.74. The van der Waals surface area contributed by atoms with Crippen molar-refractivity contribution in [2.45, 2.75) is 46.0 Å². The zero-order chi connectivity index (χ0) is 14.8. The van der Waals surface area contributed by atoms with Crippen LogP contribution in [-0.2, 0) is 5.41 Å². The monoisotopic (exact) mass is 272 g/mol. The number of hydrogen-bond acceptors (Lipinski definition) is 2. The number of nitrogens with one attached hydrogen (secondary N) is 1. The zero-order valence-electron chi connectivity index (χ0n) is 13.3. The summed E-state index contributed by atoms with van der Waals surface area (Å²) in [6.45, 7) is 11.3. The van der Waals surface area contributed by atoms with Gasteiger partial charge in [0.2, 0.25) is 0 Å². The summed E-state index contributed by atoms with van der Waals surface area (Å²) in [7, 11) is 0. The molecular formula is C18H28N2. The van der Waals surface area contributed by atoms with Crippen LogP contribution in [0.4, 0.5) is 5.69 Å². The zero-order valence-corrected chi connectivity index (χ0v) is 13.3. The van der Waals surface area contributed by atoms with Gasteiger partial charge in [0.15, 0.2) is 0 Å². The van der Waals surface area contributed by atoms with Crippen molar-refractivity contribution >= 4 is 11.3 Å². The lowest BCUT2D eigenvalue weighted by atomic mass is 9.78. The van der Waals surface area contributed by atoms with Crippen molar-refractivity contribution in [1.82, 2.24) is 5.32 Å². The average molecular weight is 272 g/mol. The molecule has 1 aliphatic rings. The number of nitrogen functional groups attached to an aromatic ring is 1. The van der Waals surface area contributed by atoms with Gasteiger partial charge >= 0.3 is 0 Å². The van der Waals surface area contributed by atoms with E-state index in [0.717, 1.165) is 25.2 Å². The number of allylic oxidation sites excluding steroid dienone is 1. The van der Waals surface area contributed by atoms with E-state index in [-0.39, 0.29) is 5.41 Å². The second-order valence-corrected chi connectivity index (χ2v) is 6.81. The average Bonchev–Trinajstić information content (AvgIpc) is 2.87. The molecule has 0 amide bonds. The molecule has 2 rings (SSSR count). The van der Waals surface area contributed by atoms with Crippen molar-refractivity contribution in [3.05, 3.63) is 35.4 Å². The molecule has 0 saturated carbocycles. The molecule has 2 nitrogen and oxygen atoms in total. The molecule has 0 aliphatic carbocycles. The van der Waals surface area contributed by atoms with E-state index in [1.54, 1.807) is 0 Å². The van der Waals surface area contributed by atoms with Crippen molar-refractivity contribution in [2.24, 2.45) is 5.92 Å². The van der Waals surface area contributed by atoms with E-state index >= 15 is 0 Å². The molecule has 1 aliphatic heterocycles. The highest BCUT2D eigenvalue weighted by molar-refractivity contribution is 5.73. The van der Waals surface area contributed by atoms with Gasteiger partial charge < -0.3 is 11.1 Å². The highest BCUT2D eigenvalue weighted by Gasteiger charge is 2.25. The molecule has 110 valence electrons. The number of benzene rings is 1. The van der Waals surface area contributed by atoms with Gasteiger partial charge in [-0.3, -0.25) is 0 Å². The lowest BCUT2D eigenvalue weighted by Crippen LogP contribution is -2.17. The molecule has 1 aromatic carbocycles. The Morgan fingerprint density at radius 3 is 2.70 bits per heavy atom. The Morgan fingerprint density at radius 2 is 2.15 bits per heavy atom. The van der Waals surface area contributed by atoms with Gasteiger partial charge in [0, 0.05) is 12.2 Å². The van der Waals surface area contributed by atoms with Crippen molar-refractivity contribution in [1.29, 1.82) is 0 Å². The molecule has 1 aromatic rings. The molecular weight excluding hydrogens is 244 g/mol. The van der Waals surface area contributed by atoms with E-state index in [2.05, 4.69) is 51.2 Å². The van der Waals surface area contributed by atoms with Crippen molar-refractivity contribution < 1.29 is 0 Å². The van der Waals surface area contributed by atoms with Crippen molar-refractivity contribution in [3.8, 4) is 0 Å². The third-order valence-electron chi connectivity index (χ3n) is 4.09. The molecule has 0 bridgehead atoms. The van der Waals surface area contributed by atoms with Crippen LogP contribution in [0.15, 0.2) is 24.3 Å². The minimum atomic E-state index is 0.141. The van der Waals surface area contributed by atoms with Crippen LogP contribution in [0.2, 0.25) is 0 Å². The fourth-order valence-corrected chi connectivity index (χ4v) is 3.09. The van der Waals surface area contributed by atoms with Crippen molar-refractivity contribution in [3.63, 3.8) is 0 Å². The third-order valence-corrected chi connectivity index (χ3v) is 4.09. The summed E-state index contributed by atoms with van der Waals surface area (Å²) in [5, 5.41) is 3.48. The van der Waals surface area contributed by atoms with Gasteiger partial charge in [-0.1, -0.05) is 39.8 Å². The normalized spacial score (nSPS) is 20.4.